The van der Waals surface area contributed by atoms with Crippen LogP contribution >= 0.6 is 0 Å². The SMILES string of the molecule is COc1cc([C@@H](C(=O)N2CCCC[C@H]2C(=O)N[C@@H](CC(C)C)C(N)=O)C2CCCCC2)cc(OC)c1OC. The highest BCUT2D eigenvalue weighted by atomic mass is 16.5. The van der Waals surface area contributed by atoms with Crippen LogP contribution in [0.1, 0.15) is 83.1 Å². The maximum Gasteiger partial charge on any atom is 0.243 e. The maximum absolute atomic E-state index is 14.4. The smallest absolute Gasteiger partial charge is 0.243 e. The zero-order valence-corrected chi connectivity index (χ0v) is 23.6. The van der Waals surface area contributed by atoms with E-state index in [1.807, 2.05) is 26.0 Å². The molecule has 2 fully saturated rings. The van der Waals surface area contributed by atoms with Gasteiger partial charge in [0.1, 0.15) is 12.1 Å². The number of primary amides is 1. The molecule has 1 aromatic rings. The lowest BCUT2D eigenvalue weighted by atomic mass is 9.75. The van der Waals surface area contributed by atoms with Crippen LogP contribution in [0.5, 0.6) is 17.2 Å². The van der Waals surface area contributed by atoms with E-state index in [4.69, 9.17) is 19.9 Å². The van der Waals surface area contributed by atoms with Crippen molar-refractivity contribution in [2.75, 3.05) is 27.9 Å². The molecule has 1 saturated carbocycles. The van der Waals surface area contributed by atoms with Crippen LogP contribution in [0, 0.1) is 11.8 Å². The number of amides is 3. The monoisotopic (exact) mass is 531 g/mol. The minimum Gasteiger partial charge on any atom is -0.493 e. The highest BCUT2D eigenvalue weighted by Crippen LogP contribution is 2.45. The summed E-state index contributed by atoms with van der Waals surface area (Å²) in [5.74, 6) is 0.435. The Balaban J connectivity index is 1.97. The van der Waals surface area contributed by atoms with Gasteiger partial charge in [-0.3, -0.25) is 14.4 Å². The molecule has 1 saturated heterocycles. The molecule has 3 N–H and O–H groups in total. The van der Waals surface area contributed by atoms with Gasteiger partial charge in [0.2, 0.25) is 23.5 Å². The fraction of sp³-hybridized carbons (Fsp3) is 0.690. The van der Waals surface area contributed by atoms with Gasteiger partial charge in [0, 0.05) is 6.54 Å². The average molecular weight is 532 g/mol. The fourth-order valence-corrected chi connectivity index (χ4v) is 6.00. The fourth-order valence-electron chi connectivity index (χ4n) is 6.00. The first-order valence-electron chi connectivity index (χ1n) is 13.9. The number of nitrogens with two attached hydrogens (primary N) is 1. The predicted molar refractivity (Wildman–Crippen MR) is 145 cm³/mol. The third-order valence-corrected chi connectivity index (χ3v) is 7.89. The largest absolute Gasteiger partial charge is 0.493 e. The van der Waals surface area contributed by atoms with E-state index < -0.39 is 23.9 Å². The molecule has 3 amide bonds. The van der Waals surface area contributed by atoms with E-state index in [1.165, 1.54) is 0 Å². The molecule has 0 aromatic heterocycles. The summed E-state index contributed by atoms with van der Waals surface area (Å²) >= 11 is 0. The minimum atomic E-state index is -0.759. The van der Waals surface area contributed by atoms with Crippen LogP contribution in [0.2, 0.25) is 0 Å². The Morgan fingerprint density at radius 1 is 0.947 bits per heavy atom. The third kappa shape index (κ3) is 6.91. The number of benzene rings is 1. The molecule has 1 heterocycles. The quantitative estimate of drug-likeness (QED) is 0.449. The number of rotatable bonds is 11. The Kier molecular flexibility index (Phi) is 10.7. The van der Waals surface area contributed by atoms with E-state index >= 15 is 0 Å². The third-order valence-electron chi connectivity index (χ3n) is 7.89. The summed E-state index contributed by atoms with van der Waals surface area (Å²) in [5.41, 5.74) is 6.39. The van der Waals surface area contributed by atoms with Crippen molar-refractivity contribution in [1.29, 1.82) is 0 Å². The van der Waals surface area contributed by atoms with E-state index in [0.29, 0.717) is 36.6 Å². The van der Waals surface area contributed by atoms with Gasteiger partial charge in [-0.05, 0) is 68.1 Å². The van der Waals surface area contributed by atoms with Gasteiger partial charge in [0.25, 0.3) is 0 Å². The summed E-state index contributed by atoms with van der Waals surface area (Å²) in [4.78, 5) is 41.6. The maximum atomic E-state index is 14.4. The predicted octanol–water partition coefficient (Wildman–Crippen LogP) is 3.77. The second kappa shape index (κ2) is 13.7. The van der Waals surface area contributed by atoms with Crippen LogP contribution in [0.25, 0.3) is 0 Å². The zero-order valence-electron chi connectivity index (χ0n) is 23.6. The average Bonchev–Trinajstić information content (AvgIpc) is 2.92. The Morgan fingerprint density at radius 3 is 2.08 bits per heavy atom. The van der Waals surface area contributed by atoms with Gasteiger partial charge in [-0.2, -0.15) is 0 Å². The number of hydrogen-bond acceptors (Lipinski definition) is 6. The molecular weight excluding hydrogens is 486 g/mol. The van der Waals surface area contributed by atoms with Crippen molar-refractivity contribution in [3.63, 3.8) is 0 Å². The lowest BCUT2D eigenvalue weighted by molar-refractivity contribution is -0.145. The van der Waals surface area contributed by atoms with Gasteiger partial charge in [-0.1, -0.05) is 33.1 Å². The highest BCUT2D eigenvalue weighted by Gasteiger charge is 2.40. The number of likely N-dealkylation sites (tertiary alicyclic amines) is 1. The van der Waals surface area contributed by atoms with Crippen LogP contribution in [-0.2, 0) is 14.4 Å². The Bertz CT molecular complexity index is 950. The van der Waals surface area contributed by atoms with Crippen LogP contribution in [0.4, 0.5) is 0 Å². The van der Waals surface area contributed by atoms with Crippen molar-refractivity contribution < 1.29 is 28.6 Å². The molecule has 38 heavy (non-hydrogen) atoms. The molecule has 1 aliphatic carbocycles. The van der Waals surface area contributed by atoms with E-state index in [9.17, 15) is 14.4 Å². The summed E-state index contributed by atoms with van der Waals surface area (Å²) in [6.45, 7) is 4.45. The summed E-state index contributed by atoms with van der Waals surface area (Å²) in [7, 11) is 4.69. The summed E-state index contributed by atoms with van der Waals surface area (Å²) < 4.78 is 16.7. The van der Waals surface area contributed by atoms with Gasteiger partial charge >= 0.3 is 0 Å². The van der Waals surface area contributed by atoms with Crippen molar-refractivity contribution in [2.45, 2.75) is 89.6 Å². The number of methoxy groups -OCH3 is 3. The number of hydrogen-bond donors (Lipinski definition) is 2. The second-order valence-electron chi connectivity index (χ2n) is 11.0. The summed E-state index contributed by atoms with van der Waals surface area (Å²) in [5, 5.41) is 2.85. The van der Waals surface area contributed by atoms with E-state index in [2.05, 4.69) is 5.32 Å². The highest BCUT2D eigenvalue weighted by molar-refractivity contribution is 5.93. The van der Waals surface area contributed by atoms with Gasteiger partial charge < -0.3 is 30.2 Å². The first kappa shape index (κ1) is 29.6. The molecule has 1 aliphatic heterocycles. The molecule has 2 aliphatic rings. The number of carbonyl (C=O) groups excluding carboxylic acids is 3. The normalized spacial score (nSPS) is 19.9. The minimum absolute atomic E-state index is 0.0643. The molecule has 0 spiro atoms. The van der Waals surface area contributed by atoms with Crippen molar-refractivity contribution >= 4 is 17.7 Å². The zero-order chi connectivity index (χ0) is 27.8. The Hall–Kier alpha value is -2.97. The van der Waals surface area contributed by atoms with Crippen LogP contribution in [0.15, 0.2) is 12.1 Å². The molecule has 212 valence electrons. The lowest BCUT2D eigenvalue weighted by Crippen LogP contribution is -2.57. The van der Waals surface area contributed by atoms with Gasteiger partial charge in [-0.25, -0.2) is 0 Å². The van der Waals surface area contributed by atoms with Gasteiger partial charge in [-0.15, -0.1) is 0 Å². The molecular formula is C29H45N3O6. The number of nitrogens with zero attached hydrogens (tertiary/aromatic N) is 1. The van der Waals surface area contributed by atoms with Gasteiger partial charge in [0.05, 0.1) is 27.2 Å². The Morgan fingerprint density at radius 2 is 1.55 bits per heavy atom. The Labute approximate surface area is 226 Å². The number of ether oxygens (including phenoxy) is 3. The molecule has 3 rings (SSSR count). The van der Waals surface area contributed by atoms with Crippen molar-refractivity contribution in [3.05, 3.63) is 17.7 Å². The summed E-state index contributed by atoms with van der Waals surface area (Å²) in [6, 6.07) is 2.33. The van der Waals surface area contributed by atoms with Crippen LogP contribution in [-0.4, -0.2) is 62.6 Å². The molecule has 9 nitrogen and oxygen atoms in total. The molecule has 9 heteroatoms. The van der Waals surface area contributed by atoms with Crippen molar-refractivity contribution in [2.24, 2.45) is 17.6 Å². The van der Waals surface area contributed by atoms with Crippen molar-refractivity contribution in [3.8, 4) is 17.2 Å². The molecule has 0 bridgehead atoms. The van der Waals surface area contributed by atoms with E-state index in [0.717, 1.165) is 50.5 Å². The molecule has 0 radical (unpaired) electrons. The second-order valence-corrected chi connectivity index (χ2v) is 11.0. The number of piperidine rings is 1. The first-order valence-corrected chi connectivity index (χ1v) is 13.9. The van der Waals surface area contributed by atoms with Crippen LogP contribution < -0.4 is 25.3 Å². The molecule has 3 atom stereocenters. The first-order chi connectivity index (χ1) is 18.2. The number of carbonyl (C=O) groups is 3. The van der Waals surface area contributed by atoms with E-state index in [1.54, 1.807) is 26.2 Å². The van der Waals surface area contributed by atoms with E-state index in [-0.39, 0.29) is 23.7 Å². The lowest BCUT2D eigenvalue weighted by Gasteiger charge is -2.40. The van der Waals surface area contributed by atoms with Gasteiger partial charge in [0.15, 0.2) is 11.5 Å². The molecule has 0 unspecified atom stereocenters. The molecule has 1 aromatic carbocycles. The standard InChI is InChI=1S/C29H45N3O6/c1-18(2)15-21(27(30)33)31-28(34)22-13-9-10-14-32(22)29(35)25(19-11-7-6-8-12-19)20-16-23(36-3)26(38-5)24(17-20)37-4/h16-19,21-22,25H,6-15H2,1-5H3,(H2,30,33)(H,31,34)/t21-,22-,25-/m0/s1. The van der Waals surface area contributed by atoms with Crippen LogP contribution in [0.3, 0.4) is 0 Å². The number of nitrogens with one attached hydrogen (secondary N) is 1. The topological polar surface area (TPSA) is 120 Å². The summed E-state index contributed by atoms with van der Waals surface area (Å²) in [6.07, 6.45) is 7.85. The van der Waals surface area contributed by atoms with Crippen molar-refractivity contribution in [1.82, 2.24) is 10.2 Å².